The van der Waals surface area contributed by atoms with Crippen molar-refractivity contribution in [2.45, 2.75) is 39.8 Å². The van der Waals surface area contributed by atoms with Gasteiger partial charge < -0.3 is 10.1 Å². The zero-order valence-electron chi connectivity index (χ0n) is 18.9. The molecule has 2 aromatic carbocycles. The van der Waals surface area contributed by atoms with Crippen molar-refractivity contribution < 1.29 is 9.90 Å². The zero-order valence-corrected chi connectivity index (χ0v) is 18.9. The molecule has 33 heavy (non-hydrogen) atoms. The predicted molar refractivity (Wildman–Crippen MR) is 131 cm³/mol. The molecule has 0 spiro atoms. The number of H-pyrrole nitrogens is 1. The first-order valence-electron chi connectivity index (χ1n) is 11.0. The molecule has 0 radical (unpaired) electrons. The van der Waals surface area contributed by atoms with E-state index in [0.29, 0.717) is 16.5 Å². The van der Waals surface area contributed by atoms with E-state index >= 15 is 0 Å². The molecule has 0 aliphatic carbocycles. The molecule has 1 atom stereocenters. The van der Waals surface area contributed by atoms with Gasteiger partial charge in [0.1, 0.15) is 0 Å². The van der Waals surface area contributed by atoms with E-state index in [-0.39, 0.29) is 18.9 Å². The summed E-state index contributed by atoms with van der Waals surface area (Å²) < 4.78 is 2.65. The normalized spacial score (nSPS) is 12.8. The minimum atomic E-state index is -1.06. The van der Waals surface area contributed by atoms with Gasteiger partial charge in [-0.15, -0.1) is 0 Å². The van der Waals surface area contributed by atoms with Crippen LogP contribution in [0.4, 0.5) is 0 Å². The fourth-order valence-corrected chi connectivity index (χ4v) is 4.24. The smallest absolute Gasteiger partial charge is 0.332 e. The van der Waals surface area contributed by atoms with E-state index in [9.17, 15) is 19.5 Å². The lowest BCUT2D eigenvalue weighted by molar-refractivity contribution is -0.137. The molecule has 7 nitrogen and oxygen atoms in total. The number of aromatic nitrogens is 3. The number of fused-ring (bicyclic) bond motifs is 2. The summed E-state index contributed by atoms with van der Waals surface area (Å²) in [6, 6.07) is 12.9. The molecule has 4 aromatic rings. The highest BCUT2D eigenvalue weighted by Crippen LogP contribution is 2.28. The molecular weight excluding hydrogens is 418 g/mol. The van der Waals surface area contributed by atoms with Gasteiger partial charge in [-0.1, -0.05) is 56.3 Å². The van der Waals surface area contributed by atoms with Crippen LogP contribution in [0.25, 0.3) is 27.9 Å². The summed E-state index contributed by atoms with van der Waals surface area (Å²) in [6.07, 6.45) is 5.45. The second kappa shape index (κ2) is 8.94. The monoisotopic (exact) mass is 445 g/mol. The molecule has 0 fully saturated rings. The van der Waals surface area contributed by atoms with Gasteiger partial charge in [0, 0.05) is 29.2 Å². The summed E-state index contributed by atoms with van der Waals surface area (Å²) >= 11 is 0. The van der Waals surface area contributed by atoms with E-state index in [0.717, 1.165) is 21.0 Å². The minimum absolute atomic E-state index is 0.189. The van der Waals surface area contributed by atoms with Crippen molar-refractivity contribution in [2.75, 3.05) is 0 Å². The number of allylic oxidation sites excluding steroid dienone is 1. The first kappa shape index (κ1) is 22.3. The van der Waals surface area contributed by atoms with Gasteiger partial charge in [0.15, 0.2) is 0 Å². The summed E-state index contributed by atoms with van der Waals surface area (Å²) in [5, 5.41) is 10.6. The molecule has 2 aromatic heterocycles. The molecule has 0 saturated heterocycles. The van der Waals surface area contributed by atoms with E-state index < -0.39 is 23.3 Å². The van der Waals surface area contributed by atoms with Crippen LogP contribution in [0.5, 0.6) is 0 Å². The van der Waals surface area contributed by atoms with E-state index in [4.69, 9.17) is 0 Å². The number of para-hydroxylation sites is 1. The number of hydrogen-bond donors (Lipinski definition) is 2. The van der Waals surface area contributed by atoms with Gasteiger partial charge in [0.25, 0.3) is 5.56 Å². The Morgan fingerprint density at radius 2 is 1.85 bits per heavy atom. The number of aromatic amines is 1. The summed E-state index contributed by atoms with van der Waals surface area (Å²) in [6.45, 7) is 5.81. The van der Waals surface area contributed by atoms with Crippen LogP contribution in [0.15, 0.2) is 64.3 Å². The van der Waals surface area contributed by atoms with E-state index in [1.165, 1.54) is 0 Å². The lowest BCUT2D eigenvalue weighted by Crippen LogP contribution is -2.42. The van der Waals surface area contributed by atoms with Gasteiger partial charge in [0.2, 0.25) is 0 Å². The van der Waals surface area contributed by atoms with E-state index in [1.807, 2.05) is 75.5 Å². The van der Waals surface area contributed by atoms with Gasteiger partial charge in [-0.3, -0.25) is 18.7 Å². The van der Waals surface area contributed by atoms with E-state index in [1.54, 1.807) is 10.6 Å². The first-order chi connectivity index (χ1) is 15.8. The maximum Gasteiger partial charge on any atom is 0.332 e. The van der Waals surface area contributed by atoms with Gasteiger partial charge in [0.05, 0.1) is 23.4 Å². The zero-order chi connectivity index (χ0) is 23.7. The van der Waals surface area contributed by atoms with Crippen molar-refractivity contribution in [3.63, 3.8) is 0 Å². The SMILES string of the molecule is CC(C)C=Cc1cccc2c1c(=O)n(CCC(=O)O)c(=O)n2C(C)c1c[nH]c2ccccc12. The van der Waals surface area contributed by atoms with Crippen molar-refractivity contribution in [1.82, 2.24) is 14.1 Å². The second-order valence-electron chi connectivity index (χ2n) is 8.56. The highest BCUT2D eigenvalue weighted by Gasteiger charge is 2.22. The molecule has 0 aliphatic rings. The van der Waals surface area contributed by atoms with Crippen LogP contribution in [0.1, 0.15) is 44.4 Å². The Morgan fingerprint density at radius 1 is 1.09 bits per heavy atom. The average Bonchev–Trinajstić information content (AvgIpc) is 3.21. The summed E-state index contributed by atoms with van der Waals surface area (Å²) in [7, 11) is 0. The molecule has 0 amide bonds. The number of nitrogens with one attached hydrogen (secondary N) is 1. The first-order valence-corrected chi connectivity index (χ1v) is 11.0. The Morgan fingerprint density at radius 3 is 2.58 bits per heavy atom. The van der Waals surface area contributed by atoms with Gasteiger partial charge in [-0.05, 0) is 30.5 Å². The Hall–Kier alpha value is -3.87. The third-order valence-electron chi connectivity index (χ3n) is 5.90. The lowest BCUT2D eigenvalue weighted by Gasteiger charge is -2.20. The van der Waals surface area contributed by atoms with E-state index in [2.05, 4.69) is 4.98 Å². The predicted octanol–water partition coefficient (Wildman–Crippen LogP) is 4.40. The molecule has 0 aliphatic heterocycles. The molecule has 2 N–H and O–H groups in total. The van der Waals surface area contributed by atoms with Crippen LogP contribution in [-0.4, -0.2) is 25.2 Å². The Bertz CT molecular complexity index is 1490. The third kappa shape index (κ3) is 4.14. The number of carbonyl (C=O) groups is 1. The number of benzene rings is 2. The highest BCUT2D eigenvalue weighted by atomic mass is 16.4. The average molecular weight is 446 g/mol. The number of rotatable bonds is 7. The fraction of sp³-hybridized carbons (Fsp3) is 0.269. The Balaban J connectivity index is 2.04. The van der Waals surface area contributed by atoms with Crippen LogP contribution in [0.2, 0.25) is 0 Å². The van der Waals surface area contributed by atoms with Gasteiger partial charge in [-0.2, -0.15) is 0 Å². The topological polar surface area (TPSA) is 97.1 Å². The number of aliphatic carboxylic acids is 1. The van der Waals surface area contributed by atoms with Crippen LogP contribution in [-0.2, 0) is 11.3 Å². The number of carboxylic acid groups (broad SMARTS) is 1. The van der Waals surface area contributed by atoms with Gasteiger partial charge in [-0.25, -0.2) is 4.79 Å². The quantitative estimate of drug-likeness (QED) is 0.441. The summed E-state index contributed by atoms with van der Waals surface area (Å²) in [4.78, 5) is 41.4. The second-order valence-corrected chi connectivity index (χ2v) is 8.56. The van der Waals surface area contributed by atoms with Crippen LogP contribution < -0.4 is 11.2 Å². The van der Waals surface area contributed by atoms with Crippen molar-refractivity contribution in [3.05, 3.63) is 86.7 Å². The lowest BCUT2D eigenvalue weighted by atomic mass is 10.0. The minimum Gasteiger partial charge on any atom is -0.481 e. The van der Waals surface area contributed by atoms with Gasteiger partial charge >= 0.3 is 11.7 Å². The maximum absolute atomic E-state index is 13.6. The maximum atomic E-state index is 13.6. The van der Waals surface area contributed by atoms with Crippen LogP contribution >= 0.6 is 0 Å². The Kier molecular flexibility index (Phi) is 6.05. The Labute approximate surface area is 190 Å². The molecule has 1 unspecified atom stereocenters. The van der Waals surface area contributed by atoms with Crippen molar-refractivity contribution in [2.24, 2.45) is 5.92 Å². The summed E-state index contributed by atoms with van der Waals surface area (Å²) in [5.41, 5.74) is 2.12. The van der Waals surface area contributed by atoms with Crippen LogP contribution in [0.3, 0.4) is 0 Å². The summed E-state index contributed by atoms with van der Waals surface area (Å²) in [5.74, 6) is -0.781. The molecule has 2 heterocycles. The van der Waals surface area contributed by atoms with Crippen molar-refractivity contribution in [3.8, 4) is 0 Å². The van der Waals surface area contributed by atoms with Crippen LogP contribution in [0, 0.1) is 5.92 Å². The molecule has 4 rings (SSSR count). The van der Waals surface area contributed by atoms with Crippen molar-refractivity contribution in [1.29, 1.82) is 0 Å². The largest absolute Gasteiger partial charge is 0.481 e. The number of carboxylic acids is 1. The number of hydrogen-bond acceptors (Lipinski definition) is 3. The molecule has 0 bridgehead atoms. The standard InChI is InChI=1S/C26H27N3O4/c1-16(2)11-12-18-7-6-10-22-24(18)25(32)28(14-13-23(30)31)26(33)29(22)17(3)20-15-27-21-9-5-4-8-19(20)21/h4-12,15-17,27H,13-14H2,1-3H3,(H,30,31). The number of nitrogens with zero attached hydrogens (tertiary/aromatic N) is 2. The third-order valence-corrected chi connectivity index (χ3v) is 5.90. The molecule has 170 valence electrons. The van der Waals surface area contributed by atoms with Crippen molar-refractivity contribution >= 4 is 33.9 Å². The fourth-order valence-electron chi connectivity index (χ4n) is 4.24. The highest BCUT2D eigenvalue weighted by molar-refractivity contribution is 5.88. The molecule has 7 heteroatoms. The molecule has 0 saturated carbocycles. The molecular formula is C26H27N3O4.